The molecule has 0 aromatic carbocycles. The molecule has 0 aliphatic carbocycles. The van der Waals surface area contributed by atoms with Gasteiger partial charge >= 0.3 is 0 Å². The van der Waals surface area contributed by atoms with Crippen molar-refractivity contribution in [3.8, 4) is 0 Å². The molecular weight excluding hydrogens is 144 g/mol. The van der Waals surface area contributed by atoms with Gasteiger partial charge in [-0.15, -0.1) is 0 Å². The molecule has 0 heterocycles. The predicted molar refractivity (Wildman–Crippen MR) is 57.1 cm³/mol. The van der Waals surface area contributed by atoms with Gasteiger partial charge in [-0.1, -0.05) is 47.6 Å². The first-order chi connectivity index (χ1) is 5.70. The number of hydrogen-bond donors (Lipinski definition) is 0. The van der Waals surface area contributed by atoms with Crippen molar-refractivity contribution in [2.75, 3.05) is 0 Å². The van der Waals surface area contributed by atoms with Crippen LogP contribution in [0.15, 0.2) is 47.6 Å². The van der Waals surface area contributed by atoms with E-state index in [9.17, 15) is 0 Å². The number of hydrogen-bond acceptors (Lipinski definition) is 0. The van der Waals surface area contributed by atoms with Crippen LogP contribution in [-0.2, 0) is 0 Å². The molecule has 0 nitrogen and oxygen atoms in total. The summed E-state index contributed by atoms with van der Waals surface area (Å²) in [6.07, 6.45) is 12.5. The Morgan fingerprint density at radius 3 is 1.33 bits per heavy atom. The van der Waals surface area contributed by atoms with E-state index in [2.05, 4.69) is 38.2 Å². The summed E-state index contributed by atoms with van der Waals surface area (Å²) in [5.74, 6) is 0. The fourth-order valence-corrected chi connectivity index (χ4v) is 0.900. The lowest BCUT2D eigenvalue weighted by Gasteiger charge is -1.89. The molecule has 0 bridgehead atoms. The summed E-state index contributed by atoms with van der Waals surface area (Å²) in [5.41, 5.74) is 2.56. The molecule has 0 unspecified atom stereocenters. The first-order valence-corrected chi connectivity index (χ1v) is 4.31. The van der Waals surface area contributed by atoms with Gasteiger partial charge in [-0.3, -0.25) is 0 Å². The van der Waals surface area contributed by atoms with Gasteiger partial charge in [0.05, 0.1) is 0 Å². The summed E-state index contributed by atoms with van der Waals surface area (Å²) in [5, 5.41) is 0. The Balaban J connectivity index is 4.26. The normalized spacial score (nSPS) is 15.0. The molecule has 0 heteroatoms. The predicted octanol–water partition coefficient (Wildman–Crippen LogP) is 4.03. The Morgan fingerprint density at radius 2 is 1.08 bits per heavy atom. The topological polar surface area (TPSA) is 0 Å². The van der Waals surface area contributed by atoms with Gasteiger partial charge in [0, 0.05) is 0 Å². The van der Waals surface area contributed by atoms with E-state index in [0.717, 1.165) is 0 Å². The SMILES string of the molecule is CC=CC(C)=CC=C(C)C=CC. The van der Waals surface area contributed by atoms with Crippen LogP contribution < -0.4 is 0 Å². The zero-order valence-corrected chi connectivity index (χ0v) is 8.46. The van der Waals surface area contributed by atoms with Gasteiger partial charge in [-0.05, 0) is 27.7 Å². The van der Waals surface area contributed by atoms with E-state index in [1.807, 2.05) is 26.0 Å². The molecule has 0 N–H and O–H groups in total. The molecule has 0 spiro atoms. The molecule has 0 aromatic rings. The molecular formula is C12H18. The molecule has 0 atom stereocenters. The Labute approximate surface area is 76.0 Å². The van der Waals surface area contributed by atoms with E-state index in [1.165, 1.54) is 11.1 Å². The molecule has 0 fully saturated rings. The third-order valence-electron chi connectivity index (χ3n) is 1.47. The average molecular weight is 162 g/mol. The second-order valence-electron chi connectivity index (χ2n) is 2.82. The molecule has 0 aliphatic rings. The maximum absolute atomic E-state index is 2.12. The monoisotopic (exact) mass is 162 g/mol. The van der Waals surface area contributed by atoms with Gasteiger partial charge in [0.2, 0.25) is 0 Å². The maximum atomic E-state index is 2.12. The lowest BCUT2D eigenvalue weighted by atomic mass is 10.2. The molecule has 0 aliphatic heterocycles. The average Bonchev–Trinajstić information content (AvgIpc) is 2.02. The highest BCUT2D eigenvalue weighted by molar-refractivity contribution is 5.27. The molecule has 0 amide bonds. The smallest absolute Gasteiger partial charge is 0.0398 e. The van der Waals surface area contributed by atoms with E-state index in [4.69, 9.17) is 0 Å². The summed E-state index contributed by atoms with van der Waals surface area (Å²) < 4.78 is 0. The third kappa shape index (κ3) is 5.72. The Kier molecular flexibility index (Phi) is 6.08. The molecule has 0 aromatic heterocycles. The van der Waals surface area contributed by atoms with Crippen molar-refractivity contribution in [1.82, 2.24) is 0 Å². The minimum Gasteiger partial charge on any atom is -0.0874 e. The summed E-state index contributed by atoms with van der Waals surface area (Å²) in [4.78, 5) is 0. The van der Waals surface area contributed by atoms with Crippen molar-refractivity contribution in [1.29, 1.82) is 0 Å². The van der Waals surface area contributed by atoms with Crippen molar-refractivity contribution in [3.05, 3.63) is 47.6 Å². The quantitative estimate of drug-likeness (QED) is 0.549. The van der Waals surface area contributed by atoms with E-state index in [0.29, 0.717) is 0 Å². The van der Waals surface area contributed by atoms with Crippen molar-refractivity contribution in [2.24, 2.45) is 0 Å². The highest BCUT2D eigenvalue weighted by atomic mass is 13.9. The fourth-order valence-electron chi connectivity index (χ4n) is 0.900. The van der Waals surface area contributed by atoms with Crippen molar-refractivity contribution >= 4 is 0 Å². The highest BCUT2D eigenvalue weighted by Crippen LogP contribution is 2.00. The van der Waals surface area contributed by atoms with Crippen molar-refractivity contribution in [2.45, 2.75) is 27.7 Å². The van der Waals surface area contributed by atoms with Crippen LogP contribution in [0.4, 0.5) is 0 Å². The fraction of sp³-hybridized carbons (Fsp3) is 0.333. The van der Waals surface area contributed by atoms with Gasteiger partial charge < -0.3 is 0 Å². The molecule has 0 rings (SSSR count). The Hall–Kier alpha value is -1.04. The highest BCUT2D eigenvalue weighted by Gasteiger charge is 1.79. The summed E-state index contributed by atoms with van der Waals surface area (Å²) in [6.45, 7) is 8.25. The van der Waals surface area contributed by atoms with Crippen molar-refractivity contribution in [3.63, 3.8) is 0 Å². The van der Waals surface area contributed by atoms with Crippen LogP contribution in [0.3, 0.4) is 0 Å². The maximum Gasteiger partial charge on any atom is -0.0398 e. The molecule has 0 radical (unpaired) electrons. The van der Waals surface area contributed by atoms with Crippen LogP contribution in [0, 0.1) is 0 Å². The van der Waals surface area contributed by atoms with E-state index in [-0.39, 0.29) is 0 Å². The molecule has 12 heavy (non-hydrogen) atoms. The van der Waals surface area contributed by atoms with Gasteiger partial charge in [0.1, 0.15) is 0 Å². The van der Waals surface area contributed by atoms with Gasteiger partial charge in [-0.2, -0.15) is 0 Å². The van der Waals surface area contributed by atoms with Gasteiger partial charge in [0.25, 0.3) is 0 Å². The summed E-state index contributed by atoms with van der Waals surface area (Å²) >= 11 is 0. The third-order valence-corrected chi connectivity index (χ3v) is 1.47. The van der Waals surface area contributed by atoms with Crippen LogP contribution >= 0.6 is 0 Å². The van der Waals surface area contributed by atoms with Gasteiger partial charge in [0.15, 0.2) is 0 Å². The standard InChI is InChI=1S/C12H18/c1-5-7-11(3)9-10-12(4)8-6-2/h5-10H,1-4H3. The largest absolute Gasteiger partial charge is 0.0874 e. The zero-order valence-electron chi connectivity index (χ0n) is 8.46. The molecule has 0 saturated heterocycles. The first-order valence-electron chi connectivity index (χ1n) is 4.31. The number of allylic oxidation sites excluding steroid dienone is 8. The minimum absolute atomic E-state index is 1.28. The van der Waals surface area contributed by atoms with Crippen LogP contribution in [0.25, 0.3) is 0 Å². The van der Waals surface area contributed by atoms with Crippen LogP contribution in [-0.4, -0.2) is 0 Å². The molecule has 0 saturated carbocycles. The van der Waals surface area contributed by atoms with E-state index < -0.39 is 0 Å². The Morgan fingerprint density at radius 1 is 0.750 bits per heavy atom. The Bertz CT molecular complexity index is 198. The summed E-state index contributed by atoms with van der Waals surface area (Å²) in [7, 11) is 0. The second kappa shape index (κ2) is 6.66. The lowest BCUT2D eigenvalue weighted by molar-refractivity contribution is 1.46. The minimum atomic E-state index is 1.28. The van der Waals surface area contributed by atoms with Crippen molar-refractivity contribution < 1.29 is 0 Å². The number of rotatable bonds is 3. The van der Waals surface area contributed by atoms with Gasteiger partial charge in [-0.25, -0.2) is 0 Å². The molecule has 66 valence electrons. The zero-order chi connectivity index (χ0) is 9.40. The first kappa shape index (κ1) is 11.0. The van der Waals surface area contributed by atoms with Crippen LogP contribution in [0.1, 0.15) is 27.7 Å². The second-order valence-corrected chi connectivity index (χ2v) is 2.82. The summed E-state index contributed by atoms with van der Waals surface area (Å²) in [6, 6.07) is 0. The van der Waals surface area contributed by atoms with E-state index >= 15 is 0 Å². The van der Waals surface area contributed by atoms with Crippen LogP contribution in [0.5, 0.6) is 0 Å². The van der Waals surface area contributed by atoms with E-state index in [1.54, 1.807) is 0 Å². The van der Waals surface area contributed by atoms with Crippen LogP contribution in [0.2, 0.25) is 0 Å². The lowest BCUT2D eigenvalue weighted by Crippen LogP contribution is -1.68.